The molecule has 1 heteroatoms. The van der Waals surface area contributed by atoms with Gasteiger partial charge in [0.15, 0.2) is 0 Å². The molecule has 0 aromatic heterocycles. The summed E-state index contributed by atoms with van der Waals surface area (Å²) in [5, 5.41) is 3.81. The highest BCUT2D eigenvalue weighted by Gasteiger charge is 2.45. The summed E-state index contributed by atoms with van der Waals surface area (Å²) in [5.74, 6) is 1.05. The summed E-state index contributed by atoms with van der Waals surface area (Å²) >= 11 is 0. The molecular weight excluding hydrogens is 170 g/mol. The molecule has 1 saturated heterocycles. The zero-order chi connectivity index (χ0) is 9.86. The van der Waals surface area contributed by atoms with Crippen LogP contribution in [0.5, 0.6) is 0 Å². The van der Waals surface area contributed by atoms with Crippen molar-refractivity contribution in [3.05, 3.63) is 0 Å². The van der Waals surface area contributed by atoms with E-state index >= 15 is 0 Å². The van der Waals surface area contributed by atoms with Crippen LogP contribution in [0.3, 0.4) is 0 Å². The maximum atomic E-state index is 3.81. The summed E-state index contributed by atoms with van der Waals surface area (Å²) in [7, 11) is 0. The first kappa shape index (κ1) is 10.5. The van der Waals surface area contributed by atoms with Gasteiger partial charge in [-0.25, -0.2) is 0 Å². The summed E-state index contributed by atoms with van der Waals surface area (Å²) in [6, 6.07) is 0. The molecule has 1 heterocycles. The predicted octanol–water partition coefficient (Wildman–Crippen LogP) is 3.49. The maximum Gasteiger partial charge on any atom is 0.0210 e. The molecule has 1 N–H and O–H groups in total. The highest BCUT2D eigenvalue weighted by atomic mass is 15.0. The Morgan fingerprint density at radius 3 is 2.64 bits per heavy atom. The van der Waals surface area contributed by atoms with Gasteiger partial charge in [-0.1, -0.05) is 32.6 Å². The van der Waals surface area contributed by atoms with Gasteiger partial charge in [0.2, 0.25) is 0 Å². The fraction of sp³-hybridized carbons (Fsp3) is 1.00. The lowest BCUT2D eigenvalue weighted by Crippen LogP contribution is -2.41. The van der Waals surface area contributed by atoms with Crippen molar-refractivity contribution in [1.82, 2.24) is 5.32 Å². The van der Waals surface area contributed by atoms with Crippen LogP contribution < -0.4 is 5.32 Å². The molecule has 14 heavy (non-hydrogen) atoms. The van der Waals surface area contributed by atoms with Crippen LogP contribution in [0.1, 0.15) is 64.7 Å². The van der Waals surface area contributed by atoms with Crippen molar-refractivity contribution in [2.45, 2.75) is 70.3 Å². The van der Waals surface area contributed by atoms with Gasteiger partial charge in [-0.2, -0.15) is 0 Å². The lowest BCUT2D eigenvalue weighted by atomic mass is 9.85. The Bertz CT molecular complexity index is 166. The zero-order valence-electron chi connectivity index (χ0n) is 9.65. The van der Waals surface area contributed by atoms with Crippen LogP contribution in [-0.4, -0.2) is 12.1 Å². The van der Waals surface area contributed by atoms with Crippen molar-refractivity contribution in [2.75, 3.05) is 6.54 Å². The van der Waals surface area contributed by atoms with Crippen molar-refractivity contribution in [1.29, 1.82) is 0 Å². The van der Waals surface area contributed by atoms with Crippen LogP contribution in [0.25, 0.3) is 0 Å². The third kappa shape index (κ3) is 2.31. The molecule has 0 radical (unpaired) electrons. The van der Waals surface area contributed by atoms with Crippen LogP contribution in [0.2, 0.25) is 0 Å². The predicted molar refractivity (Wildman–Crippen MR) is 61.5 cm³/mol. The topological polar surface area (TPSA) is 12.0 Å². The molecule has 1 aliphatic carbocycles. The van der Waals surface area contributed by atoms with E-state index < -0.39 is 0 Å². The molecule has 1 aliphatic heterocycles. The van der Waals surface area contributed by atoms with Crippen LogP contribution >= 0.6 is 0 Å². The van der Waals surface area contributed by atoms with Crippen LogP contribution in [-0.2, 0) is 0 Å². The Morgan fingerprint density at radius 1 is 1.21 bits per heavy atom. The van der Waals surface area contributed by atoms with E-state index in [0.717, 1.165) is 5.92 Å². The Kier molecular flexibility index (Phi) is 3.48. The molecular formula is C13H25N. The first-order chi connectivity index (χ1) is 6.87. The molecule has 1 unspecified atom stereocenters. The summed E-state index contributed by atoms with van der Waals surface area (Å²) < 4.78 is 0. The first-order valence-corrected chi connectivity index (χ1v) is 6.62. The van der Waals surface area contributed by atoms with Gasteiger partial charge in [0.05, 0.1) is 0 Å². The molecule has 82 valence electrons. The zero-order valence-corrected chi connectivity index (χ0v) is 9.65. The summed E-state index contributed by atoms with van der Waals surface area (Å²) in [6.07, 6.45) is 13.0. The van der Waals surface area contributed by atoms with E-state index in [1.807, 2.05) is 0 Å². The fourth-order valence-electron chi connectivity index (χ4n) is 3.10. The van der Waals surface area contributed by atoms with Gasteiger partial charge in [-0.15, -0.1) is 0 Å². The lowest BCUT2D eigenvalue weighted by Gasteiger charge is -2.29. The number of hydrogen-bond donors (Lipinski definition) is 1. The van der Waals surface area contributed by atoms with E-state index in [-0.39, 0.29) is 0 Å². The van der Waals surface area contributed by atoms with E-state index in [2.05, 4.69) is 12.2 Å². The average Bonchev–Trinajstić information content (AvgIpc) is 2.96. The SMILES string of the molecule is CCCCCCC1(C2CC2)CCCN1. The maximum absolute atomic E-state index is 3.81. The van der Waals surface area contributed by atoms with Crippen LogP contribution in [0, 0.1) is 5.92 Å². The smallest absolute Gasteiger partial charge is 0.0210 e. The summed E-state index contributed by atoms with van der Waals surface area (Å²) in [6.45, 7) is 3.58. The second-order valence-electron chi connectivity index (χ2n) is 5.27. The van der Waals surface area contributed by atoms with Gasteiger partial charge in [-0.05, 0) is 44.6 Å². The Hall–Kier alpha value is -0.0400. The minimum atomic E-state index is 0.605. The second-order valence-corrected chi connectivity index (χ2v) is 5.27. The van der Waals surface area contributed by atoms with Gasteiger partial charge in [0, 0.05) is 5.54 Å². The second kappa shape index (κ2) is 4.65. The quantitative estimate of drug-likeness (QED) is 0.640. The van der Waals surface area contributed by atoms with Crippen molar-refractivity contribution in [2.24, 2.45) is 5.92 Å². The van der Waals surface area contributed by atoms with Gasteiger partial charge in [-0.3, -0.25) is 0 Å². The van der Waals surface area contributed by atoms with Crippen molar-refractivity contribution >= 4 is 0 Å². The van der Waals surface area contributed by atoms with Crippen molar-refractivity contribution in [3.8, 4) is 0 Å². The minimum absolute atomic E-state index is 0.605. The average molecular weight is 195 g/mol. The molecule has 0 aromatic rings. The molecule has 0 aromatic carbocycles. The first-order valence-electron chi connectivity index (χ1n) is 6.62. The van der Waals surface area contributed by atoms with E-state index in [1.54, 1.807) is 0 Å². The molecule has 2 aliphatic rings. The highest BCUT2D eigenvalue weighted by Crippen LogP contribution is 2.46. The third-order valence-corrected chi connectivity index (χ3v) is 4.11. The lowest BCUT2D eigenvalue weighted by molar-refractivity contribution is 0.291. The molecule has 1 saturated carbocycles. The Balaban J connectivity index is 1.74. The largest absolute Gasteiger partial charge is 0.311 e. The van der Waals surface area contributed by atoms with Gasteiger partial charge in [0.25, 0.3) is 0 Å². The van der Waals surface area contributed by atoms with Gasteiger partial charge in [0.1, 0.15) is 0 Å². The molecule has 0 bridgehead atoms. The fourth-order valence-corrected chi connectivity index (χ4v) is 3.10. The monoisotopic (exact) mass is 195 g/mol. The third-order valence-electron chi connectivity index (χ3n) is 4.11. The van der Waals surface area contributed by atoms with E-state index in [0.29, 0.717) is 5.54 Å². The van der Waals surface area contributed by atoms with Crippen molar-refractivity contribution in [3.63, 3.8) is 0 Å². The minimum Gasteiger partial charge on any atom is -0.311 e. The van der Waals surface area contributed by atoms with E-state index in [9.17, 15) is 0 Å². The molecule has 2 rings (SSSR count). The van der Waals surface area contributed by atoms with Crippen LogP contribution in [0.4, 0.5) is 0 Å². The van der Waals surface area contributed by atoms with Gasteiger partial charge >= 0.3 is 0 Å². The molecule has 1 nitrogen and oxygen atoms in total. The standard InChI is InChI=1S/C13H25N/c1-2-3-4-5-9-13(12-7-8-12)10-6-11-14-13/h12,14H,2-11H2,1H3. The number of unbranched alkanes of at least 4 members (excludes halogenated alkanes) is 3. The Morgan fingerprint density at radius 2 is 2.07 bits per heavy atom. The summed E-state index contributed by atoms with van der Waals surface area (Å²) in [5.41, 5.74) is 0.605. The van der Waals surface area contributed by atoms with Crippen molar-refractivity contribution < 1.29 is 0 Å². The van der Waals surface area contributed by atoms with Gasteiger partial charge < -0.3 is 5.32 Å². The van der Waals surface area contributed by atoms with E-state index in [4.69, 9.17) is 0 Å². The van der Waals surface area contributed by atoms with E-state index in [1.165, 1.54) is 64.3 Å². The number of nitrogens with one attached hydrogen (secondary N) is 1. The highest BCUT2D eigenvalue weighted by molar-refractivity contribution is 5.03. The summed E-state index contributed by atoms with van der Waals surface area (Å²) in [4.78, 5) is 0. The molecule has 0 amide bonds. The molecule has 1 atom stereocenters. The normalized spacial score (nSPS) is 32.4. The van der Waals surface area contributed by atoms with Crippen LogP contribution in [0.15, 0.2) is 0 Å². The molecule has 0 spiro atoms. The Labute approximate surface area is 88.7 Å². The molecule has 2 fully saturated rings. The number of rotatable bonds is 6. The number of hydrogen-bond acceptors (Lipinski definition) is 1.